The molecule has 1 atom stereocenters. The monoisotopic (exact) mass is 572 g/mol. The van der Waals surface area contributed by atoms with Gasteiger partial charge in [-0.15, -0.1) is 0 Å². The summed E-state index contributed by atoms with van der Waals surface area (Å²) in [7, 11) is 1.66. The highest BCUT2D eigenvalue weighted by Crippen LogP contribution is 2.39. The van der Waals surface area contributed by atoms with Crippen LogP contribution in [0, 0.1) is 5.92 Å². The number of piperidine rings is 1. The Hall–Kier alpha value is -4.91. The van der Waals surface area contributed by atoms with Crippen LogP contribution in [0.2, 0.25) is 0 Å². The van der Waals surface area contributed by atoms with Gasteiger partial charge in [0.2, 0.25) is 11.8 Å². The average Bonchev–Trinajstić information content (AvgIpc) is 3.43. The molecular formula is C36H36N4O3. The average molecular weight is 573 g/mol. The molecule has 3 aliphatic rings. The van der Waals surface area contributed by atoms with Gasteiger partial charge in [-0.25, -0.2) is 0 Å². The molecule has 0 radical (unpaired) electrons. The van der Waals surface area contributed by atoms with Crippen molar-refractivity contribution in [2.45, 2.75) is 38.6 Å². The molecule has 1 aliphatic heterocycles. The van der Waals surface area contributed by atoms with E-state index in [0.29, 0.717) is 25.8 Å². The lowest BCUT2D eigenvalue weighted by molar-refractivity contribution is -0.142. The summed E-state index contributed by atoms with van der Waals surface area (Å²) >= 11 is 0. The second kappa shape index (κ2) is 11.4. The molecule has 2 amide bonds. The molecule has 4 aromatic rings. The maximum absolute atomic E-state index is 13.2. The first kappa shape index (κ1) is 28.2. The van der Waals surface area contributed by atoms with Crippen LogP contribution < -0.4 is 5.32 Å². The second-order valence-corrected chi connectivity index (χ2v) is 12.0. The molecule has 0 spiro atoms. The van der Waals surface area contributed by atoms with Gasteiger partial charge in [-0.2, -0.15) is 0 Å². The zero-order chi connectivity index (χ0) is 30.1. The van der Waals surface area contributed by atoms with Crippen LogP contribution in [0.3, 0.4) is 0 Å². The number of nitrogens with one attached hydrogen (secondary N) is 2. The Kier molecular flexibility index (Phi) is 7.48. The number of carbonyl (C=O) groups is 2. The van der Waals surface area contributed by atoms with Crippen LogP contribution in [0.1, 0.15) is 32.3 Å². The molecule has 43 heavy (non-hydrogen) atoms. The van der Waals surface area contributed by atoms with Gasteiger partial charge in [-0.1, -0.05) is 60.7 Å². The van der Waals surface area contributed by atoms with Crippen molar-refractivity contribution in [3.05, 3.63) is 96.8 Å². The summed E-state index contributed by atoms with van der Waals surface area (Å²) in [5, 5.41) is 14.8. The van der Waals surface area contributed by atoms with Crippen molar-refractivity contribution in [3.8, 4) is 39.3 Å². The quantitative estimate of drug-likeness (QED) is 0.217. The second-order valence-electron chi connectivity index (χ2n) is 12.0. The fraction of sp³-hybridized carbons (Fsp3) is 0.250. The molecule has 7 heteroatoms. The number of pyridine rings is 1. The highest BCUT2D eigenvalue weighted by atomic mass is 16.3. The van der Waals surface area contributed by atoms with Crippen LogP contribution in [-0.4, -0.2) is 50.9 Å². The van der Waals surface area contributed by atoms with Crippen LogP contribution in [0.5, 0.6) is 5.75 Å². The number of phenols is 1. The van der Waals surface area contributed by atoms with Crippen molar-refractivity contribution in [3.63, 3.8) is 0 Å². The number of likely N-dealkylation sites (tertiary alicyclic amines) is 1. The van der Waals surface area contributed by atoms with Gasteiger partial charge >= 0.3 is 0 Å². The minimum absolute atomic E-state index is 0.0460. The zero-order valence-corrected chi connectivity index (χ0v) is 24.7. The molecule has 2 aliphatic carbocycles. The predicted octanol–water partition coefficient (Wildman–Crippen LogP) is 6.58. The number of nitrogens with zero attached hydrogens (tertiary/aromatic N) is 2. The number of aromatic nitrogens is 2. The van der Waals surface area contributed by atoms with Gasteiger partial charge in [0.15, 0.2) is 0 Å². The van der Waals surface area contributed by atoms with Crippen molar-refractivity contribution >= 4 is 22.7 Å². The lowest BCUT2D eigenvalue weighted by atomic mass is 9.82. The van der Waals surface area contributed by atoms with Gasteiger partial charge in [0, 0.05) is 59.5 Å². The van der Waals surface area contributed by atoms with Gasteiger partial charge in [0.05, 0.1) is 12.1 Å². The zero-order valence-electron chi connectivity index (χ0n) is 24.7. The van der Waals surface area contributed by atoms with E-state index in [9.17, 15) is 14.7 Å². The van der Waals surface area contributed by atoms with Crippen molar-refractivity contribution in [1.82, 2.24) is 20.2 Å². The number of rotatable bonds is 5. The Morgan fingerprint density at radius 3 is 2.26 bits per heavy atom. The molecular weight excluding hydrogens is 536 g/mol. The number of para-hydroxylation sites is 1. The van der Waals surface area contributed by atoms with Crippen LogP contribution >= 0.6 is 0 Å². The summed E-state index contributed by atoms with van der Waals surface area (Å²) in [6, 6.07) is 25.8. The topological polar surface area (TPSA) is 98.3 Å². The van der Waals surface area contributed by atoms with E-state index in [0.717, 1.165) is 38.9 Å². The number of amides is 2. The Morgan fingerprint density at radius 2 is 1.65 bits per heavy atom. The molecule has 1 saturated heterocycles. The number of fused-ring (bicyclic) bond motifs is 2. The first-order chi connectivity index (χ1) is 20.7. The number of H-pyrrole nitrogens is 1. The lowest BCUT2D eigenvalue weighted by Crippen LogP contribution is -2.55. The van der Waals surface area contributed by atoms with Gasteiger partial charge in [-0.3, -0.25) is 14.6 Å². The van der Waals surface area contributed by atoms with Gasteiger partial charge in [-0.05, 0) is 67.1 Å². The number of benzene rings is 3. The van der Waals surface area contributed by atoms with Crippen LogP contribution in [0.25, 0.3) is 44.4 Å². The minimum atomic E-state index is -0.378. The summed E-state index contributed by atoms with van der Waals surface area (Å²) in [4.78, 5) is 34.7. The molecule has 3 N–H and O–H groups in total. The third-order valence-electron chi connectivity index (χ3n) is 8.68. The summed E-state index contributed by atoms with van der Waals surface area (Å²) < 4.78 is 0. The van der Waals surface area contributed by atoms with Crippen molar-refractivity contribution in [1.29, 1.82) is 0 Å². The highest BCUT2D eigenvalue weighted by Gasteiger charge is 2.39. The van der Waals surface area contributed by atoms with E-state index in [4.69, 9.17) is 0 Å². The molecule has 0 bridgehead atoms. The Morgan fingerprint density at radius 1 is 0.977 bits per heavy atom. The van der Waals surface area contributed by atoms with E-state index in [1.54, 1.807) is 19.4 Å². The number of carbonyl (C=O) groups excluding carboxylic acids is 2. The Labute approximate surface area is 251 Å². The number of hydrogen-bond acceptors (Lipinski definition) is 4. The Bertz CT molecular complexity index is 1730. The van der Waals surface area contributed by atoms with Gasteiger partial charge < -0.3 is 20.3 Å². The molecule has 1 fully saturated rings. The smallest absolute Gasteiger partial charge is 0.227 e. The van der Waals surface area contributed by atoms with Crippen LogP contribution in [-0.2, 0) is 16.0 Å². The normalized spacial score (nSPS) is 16.3. The Balaban J connectivity index is 0.000000482. The standard InChI is InChI=1S/C30H32N4O3.C6H4/c1-30(2)17-21(29(37)31-3)12-14-34(30)27(35)15-19-7-9-20(10-8-19)23-5-4-6-24(28(23)36)26-16-22-18-32-13-11-25(22)33-26;1-2-6-4-3-5(1)6/h4-11,13,16,18,21,33,36H,12,14-15,17H2,1-3H3,(H,31,37);1-4H. The summed E-state index contributed by atoms with van der Waals surface area (Å²) in [5.74, 6) is 0.246. The predicted molar refractivity (Wildman–Crippen MR) is 170 cm³/mol. The van der Waals surface area contributed by atoms with Crippen molar-refractivity contribution in [2.75, 3.05) is 13.6 Å². The number of aromatic amines is 1. The fourth-order valence-electron chi connectivity index (χ4n) is 6.14. The maximum atomic E-state index is 13.2. The summed E-state index contributed by atoms with van der Waals surface area (Å²) in [6.45, 7) is 4.64. The van der Waals surface area contributed by atoms with E-state index in [1.807, 2.05) is 73.3 Å². The fourth-order valence-corrected chi connectivity index (χ4v) is 6.14. The first-order valence-corrected chi connectivity index (χ1v) is 14.7. The molecule has 2 aromatic carbocycles. The molecule has 3 heterocycles. The van der Waals surface area contributed by atoms with Crippen LogP contribution in [0.4, 0.5) is 0 Å². The number of aromatic hydroxyl groups is 1. The van der Waals surface area contributed by atoms with E-state index in [2.05, 4.69) is 39.6 Å². The summed E-state index contributed by atoms with van der Waals surface area (Å²) in [6.07, 6.45) is 5.15. The van der Waals surface area contributed by atoms with E-state index in [1.165, 1.54) is 11.1 Å². The third-order valence-corrected chi connectivity index (χ3v) is 8.68. The maximum Gasteiger partial charge on any atom is 0.227 e. The SMILES string of the molecule is CNC(=O)C1CCN(C(=O)Cc2ccc(-c3cccc(-c4cc5cnccc5[nH]4)c3O)cc2)C(C)(C)C1.c1cc2ccc1-2. The first-order valence-electron chi connectivity index (χ1n) is 14.7. The van der Waals surface area contributed by atoms with Gasteiger partial charge in [0.1, 0.15) is 5.75 Å². The third kappa shape index (κ3) is 5.63. The molecule has 7 rings (SSSR count). The largest absolute Gasteiger partial charge is 0.507 e. The van der Waals surface area contributed by atoms with Crippen molar-refractivity contribution in [2.24, 2.45) is 5.92 Å². The van der Waals surface area contributed by atoms with E-state index < -0.39 is 0 Å². The van der Waals surface area contributed by atoms with Crippen molar-refractivity contribution < 1.29 is 14.7 Å². The minimum Gasteiger partial charge on any atom is -0.507 e. The van der Waals surface area contributed by atoms with Crippen LogP contribution in [0.15, 0.2) is 91.3 Å². The highest BCUT2D eigenvalue weighted by molar-refractivity contribution is 5.89. The summed E-state index contributed by atoms with van der Waals surface area (Å²) in [5.41, 5.74) is 7.50. The molecule has 1 unspecified atom stereocenters. The lowest BCUT2D eigenvalue weighted by Gasteiger charge is -2.45. The molecule has 218 valence electrons. The van der Waals surface area contributed by atoms with E-state index >= 15 is 0 Å². The molecule has 7 nitrogen and oxygen atoms in total. The van der Waals surface area contributed by atoms with Gasteiger partial charge in [0.25, 0.3) is 0 Å². The molecule has 0 saturated carbocycles. The molecule has 2 aromatic heterocycles. The van der Waals surface area contributed by atoms with E-state index in [-0.39, 0.29) is 29.0 Å². The number of hydrogen-bond donors (Lipinski definition) is 3. The number of phenolic OH excluding ortho intramolecular Hbond substituents is 1.